The van der Waals surface area contributed by atoms with Crippen LogP contribution in [-0.2, 0) is 12.7 Å². The van der Waals surface area contributed by atoms with E-state index in [0.29, 0.717) is 35.0 Å². The lowest BCUT2D eigenvalue weighted by atomic mass is 10.0. The molecule has 0 N–H and O–H groups in total. The molecule has 0 spiro atoms. The Morgan fingerprint density at radius 1 is 1.10 bits per heavy atom. The van der Waals surface area contributed by atoms with Crippen LogP contribution in [0.25, 0.3) is 11.4 Å². The Labute approximate surface area is 167 Å². The molecule has 0 saturated heterocycles. The van der Waals surface area contributed by atoms with Crippen molar-refractivity contribution in [3.63, 3.8) is 0 Å². The zero-order chi connectivity index (χ0) is 21.6. The molecule has 0 saturated carbocycles. The third-order valence-electron chi connectivity index (χ3n) is 4.76. The average Bonchev–Trinajstić information content (AvgIpc) is 3.00. The first-order valence-corrected chi connectivity index (χ1v) is 8.72. The van der Waals surface area contributed by atoms with Crippen molar-refractivity contribution in [3.05, 3.63) is 76.6 Å². The Hall–Kier alpha value is -3.43. The van der Waals surface area contributed by atoms with Gasteiger partial charge in [0.2, 0.25) is 0 Å². The van der Waals surface area contributed by atoms with Gasteiger partial charge in [-0.2, -0.15) is 13.2 Å². The molecule has 154 valence electrons. The van der Waals surface area contributed by atoms with Crippen LogP contribution in [0.1, 0.15) is 38.9 Å². The monoisotopic (exact) mass is 420 g/mol. The third kappa shape index (κ3) is 3.49. The number of fused-ring (bicyclic) bond motifs is 1. The molecule has 30 heavy (non-hydrogen) atoms. The van der Waals surface area contributed by atoms with Crippen LogP contribution in [0, 0.1) is 5.82 Å². The van der Waals surface area contributed by atoms with Gasteiger partial charge in [0.1, 0.15) is 12.1 Å². The molecule has 1 atom stereocenters. The standard InChI is InChI=1S/C20H13F5N4O/c1-29-8-14-13(19(29)30)2-3-26-18(14)16-7-15(27-9-28-16)17(22)10-4-11(20(23,24)25)6-12(21)5-10/h2-7,9,17H,8H2,1H3. The molecular weight excluding hydrogens is 407 g/mol. The minimum Gasteiger partial charge on any atom is -0.337 e. The lowest BCUT2D eigenvalue weighted by molar-refractivity contribution is -0.137. The third-order valence-corrected chi connectivity index (χ3v) is 4.76. The van der Waals surface area contributed by atoms with Crippen molar-refractivity contribution in [2.24, 2.45) is 0 Å². The van der Waals surface area contributed by atoms with Gasteiger partial charge in [0.25, 0.3) is 5.91 Å². The lowest BCUT2D eigenvalue weighted by Gasteiger charge is -2.13. The number of nitrogens with zero attached hydrogens (tertiary/aromatic N) is 4. The first-order valence-electron chi connectivity index (χ1n) is 8.72. The van der Waals surface area contributed by atoms with Crippen molar-refractivity contribution in [3.8, 4) is 11.4 Å². The van der Waals surface area contributed by atoms with E-state index >= 15 is 4.39 Å². The predicted octanol–water partition coefficient (Wildman–Crippen LogP) is 4.34. The zero-order valence-electron chi connectivity index (χ0n) is 15.4. The highest BCUT2D eigenvalue weighted by molar-refractivity contribution is 5.99. The average molecular weight is 420 g/mol. The first-order chi connectivity index (χ1) is 14.1. The van der Waals surface area contributed by atoms with Crippen LogP contribution in [0.3, 0.4) is 0 Å². The molecule has 0 fully saturated rings. The Balaban J connectivity index is 1.74. The van der Waals surface area contributed by atoms with Crippen LogP contribution in [-0.4, -0.2) is 32.8 Å². The van der Waals surface area contributed by atoms with Gasteiger partial charge in [-0.25, -0.2) is 18.7 Å². The van der Waals surface area contributed by atoms with Crippen LogP contribution >= 0.6 is 0 Å². The smallest absolute Gasteiger partial charge is 0.337 e. The normalized spacial score (nSPS) is 14.7. The number of hydrogen-bond acceptors (Lipinski definition) is 4. The number of halogens is 5. The lowest BCUT2D eigenvalue weighted by Crippen LogP contribution is -2.17. The Morgan fingerprint density at radius 2 is 1.87 bits per heavy atom. The van der Waals surface area contributed by atoms with E-state index in [1.54, 1.807) is 13.1 Å². The van der Waals surface area contributed by atoms with Gasteiger partial charge in [-0.15, -0.1) is 0 Å². The second-order valence-electron chi connectivity index (χ2n) is 6.81. The van der Waals surface area contributed by atoms with Crippen LogP contribution < -0.4 is 0 Å². The molecule has 3 heterocycles. The number of rotatable bonds is 3. The largest absolute Gasteiger partial charge is 0.416 e. The summed E-state index contributed by atoms with van der Waals surface area (Å²) in [6.07, 6.45) is -4.48. The fourth-order valence-corrected chi connectivity index (χ4v) is 3.32. The molecule has 0 bridgehead atoms. The Kier molecular flexibility index (Phi) is 4.71. The molecule has 0 radical (unpaired) electrons. The van der Waals surface area contributed by atoms with Gasteiger partial charge in [0, 0.05) is 30.9 Å². The predicted molar refractivity (Wildman–Crippen MR) is 95.4 cm³/mol. The highest BCUT2D eigenvalue weighted by Crippen LogP contribution is 2.35. The summed E-state index contributed by atoms with van der Waals surface area (Å²) >= 11 is 0. The minimum atomic E-state index is -4.82. The molecule has 4 rings (SSSR count). The summed E-state index contributed by atoms with van der Waals surface area (Å²) in [6.45, 7) is 0.286. The highest BCUT2D eigenvalue weighted by atomic mass is 19.4. The number of pyridine rings is 1. The van der Waals surface area contributed by atoms with Crippen LogP contribution in [0.15, 0.2) is 42.9 Å². The van der Waals surface area contributed by atoms with E-state index < -0.39 is 29.3 Å². The van der Waals surface area contributed by atoms with Crippen molar-refractivity contribution in [1.29, 1.82) is 0 Å². The summed E-state index contributed by atoms with van der Waals surface area (Å²) < 4.78 is 67.5. The number of amides is 1. The molecule has 3 aromatic rings. The maximum absolute atomic E-state index is 15.0. The fourth-order valence-electron chi connectivity index (χ4n) is 3.32. The van der Waals surface area contributed by atoms with E-state index in [4.69, 9.17) is 0 Å². The second-order valence-corrected chi connectivity index (χ2v) is 6.81. The van der Waals surface area contributed by atoms with Crippen molar-refractivity contribution in [2.75, 3.05) is 7.05 Å². The molecule has 2 aromatic heterocycles. The quantitative estimate of drug-likeness (QED) is 0.592. The van der Waals surface area contributed by atoms with Gasteiger partial charge in [0.05, 0.1) is 22.6 Å². The van der Waals surface area contributed by atoms with Crippen molar-refractivity contribution >= 4 is 5.91 Å². The number of benzene rings is 1. The van der Waals surface area contributed by atoms with Crippen molar-refractivity contribution < 1.29 is 26.7 Å². The maximum atomic E-state index is 15.0. The van der Waals surface area contributed by atoms with E-state index in [1.165, 1.54) is 17.2 Å². The summed E-state index contributed by atoms with van der Waals surface area (Å²) in [5.74, 6) is -1.40. The highest BCUT2D eigenvalue weighted by Gasteiger charge is 2.33. The van der Waals surface area contributed by atoms with Gasteiger partial charge in [-0.05, 0) is 35.9 Å². The van der Waals surface area contributed by atoms with Gasteiger partial charge in [0.15, 0.2) is 6.17 Å². The molecule has 10 heteroatoms. The topological polar surface area (TPSA) is 59.0 Å². The molecule has 1 aliphatic rings. The van der Waals surface area contributed by atoms with E-state index in [1.807, 2.05) is 0 Å². The Bertz CT molecular complexity index is 1150. The van der Waals surface area contributed by atoms with Gasteiger partial charge >= 0.3 is 6.18 Å². The van der Waals surface area contributed by atoms with Crippen LogP contribution in [0.2, 0.25) is 0 Å². The van der Waals surface area contributed by atoms with E-state index in [0.717, 1.165) is 6.33 Å². The number of carbonyl (C=O) groups excluding carboxylic acids is 1. The maximum Gasteiger partial charge on any atom is 0.416 e. The van der Waals surface area contributed by atoms with Crippen LogP contribution in [0.4, 0.5) is 22.0 Å². The molecule has 0 aliphatic carbocycles. The molecule has 1 aliphatic heterocycles. The summed E-state index contributed by atoms with van der Waals surface area (Å²) in [7, 11) is 1.62. The molecule has 1 amide bonds. The van der Waals surface area contributed by atoms with E-state index in [2.05, 4.69) is 15.0 Å². The fraction of sp³-hybridized carbons (Fsp3) is 0.200. The van der Waals surface area contributed by atoms with Crippen molar-refractivity contribution in [1.82, 2.24) is 19.9 Å². The summed E-state index contributed by atoms with van der Waals surface area (Å²) in [6, 6.07) is 4.33. The zero-order valence-corrected chi connectivity index (χ0v) is 15.4. The molecule has 1 aromatic carbocycles. The number of carbonyl (C=O) groups is 1. The molecule has 5 nitrogen and oxygen atoms in total. The minimum absolute atomic E-state index is 0.189. The van der Waals surface area contributed by atoms with Gasteiger partial charge in [-0.1, -0.05) is 0 Å². The Morgan fingerprint density at radius 3 is 2.60 bits per heavy atom. The number of aromatic nitrogens is 3. The molecule has 1 unspecified atom stereocenters. The summed E-state index contributed by atoms with van der Waals surface area (Å²) in [5.41, 5.74) is -0.469. The number of hydrogen-bond donors (Lipinski definition) is 0. The van der Waals surface area contributed by atoms with Gasteiger partial charge < -0.3 is 4.90 Å². The summed E-state index contributed by atoms with van der Waals surface area (Å²) in [5, 5.41) is 0. The SMILES string of the molecule is CN1Cc2c(ccnc2-c2cc(C(F)c3cc(F)cc(C(F)(F)F)c3)ncn2)C1=O. The second kappa shape index (κ2) is 7.12. The van der Waals surface area contributed by atoms with E-state index in [-0.39, 0.29) is 23.8 Å². The van der Waals surface area contributed by atoms with Gasteiger partial charge in [-0.3, -0.25) is 9.78 Å². The van der Waals surface area contributed by atoms with Crippen LogP contribution in [0.5, 0.6) is 0 Å². The summed E-state index contributed by atoms with van der Waals surface area (Å²) in [4.78, 5) is 25.7. The first kappa shape index (κ1) is 19.9. The number of alkyl halides is 4. The molecular formula is C20H13F5N4O. The van der Waals surface area contributed by atoms with Crippen molar-refractivity contribution in [2.45, 2.75) is 18.9 Å². The van der Waals surface area contributed by atoms with E-state index in [9.17, 15) is 22.4 Å².